The third-order valence-electron chi connectivity index (χ3n) is 4.39. The molecule has 1 saturated carbocycles. The number of carboxylic acid groups (broad SMARTS) is 1. The Morgan fingerprint density at radius 2 is 2.00 bits per heavy atom. The second-order valence-corrected chi connectivity index (χ2v) is 6.05. The molecule has 1 amide bonds. The Balaban J connectivity index is 1.71. The van der Waals surface area contributed by atoms with Crippen molar-refractivity contribution in [2.75, 3.05) is 12.4 Å². The molecule has 2 N–H and O–H groups in total. The highest BCUT2D eigenvalue weighted by atomic mass is 16.5. The van der Waals surface area contributed by atoms with Crippen LogP contribution in [0.2, 0.25) is 0 Å². The lowest BCUT2D eigenvalue weighted by Gasteiger charge is -2.09. The van der Waals surface area contributed by atoms with E-state index in [1.807, 2.05) is 31.2 Å². The van der Waals surface area contributed by atoms with E-state index < -0.39 is 5.97 Å². The Labute approximate surface area is 140 Å². The van der Waals surface area contributed by atoms with Crippen LogP contribution in [0.1, 0.15) is 33.8 Å². The van der Waals surface area contributed by atoms with Gasteiger partial charge in [0.05, 0.1) is 12.7 Å². The summed E-state index contributed by atoms with van der Waals surface area (Å²) >= 11 is 0. The highest BCUT2D eigenvalue weighted by Gasteiger charge is 2.44. The molecule has 0 aromatic heterocycles. The third-order valence-corrected chi connectivity index (χ3v) is 4.39. The monoisotopic (exact) mass is 325 g/mol. The van der Waals surface area contributed by atoms with Gasteiger partial charge in [0.2, 0.25) is 5.91 Å². The summed E-state index contributed by atoms with van der Waals surface area (Å²) in [5.41, 5.74) is 2.64. The molecule has 5 nitrogen and oxygen atoms in total. The van der Waals surface area contributed by atoms with Gasteiger partial charge in [-0.2, -0.15) is 0 Å². The average Bonchev–Trinajstić information content (AvgIpc) is 3.37. The summed E-state index contributed by atoms with van der Waals surface area (Å²) in [4.78, 5) is 23.5. The fourth-order valence-corrected chi connectivity index (χ4v) is 2.84. The van der Waals surface area contributed by atoms with Crippen molar-refractivity contribution >= 4 is 17.6 Å². The van der Waals surface area contributed by atoms with Gasteiger partial charge in [0.25, 0.3) is 0 Å². The molecule has 0 bridgehead atoms. The largest absolute Gasteiger partial charge is 0.497 e. The quantitative estimate of drug-likeness (QED) is 0.883. The van der Waals surface area contributed by atoms with Gasteiger partial charge in [-0.3, -0.25) is 4.79 Å². The van der Waals surface area contributed by atoms with Crippen molar-refractivity contribution in [1.29, 1.82) is 0 Å². The predicted octanol–water partition coefficient (Wildman–Crippen LogP) is 3.44. The molecule has 24 heavy (non-hydrogen) atoms. The van der Waals surface area contributed by atoms with Crippen LogP contribution in [0, 0.1) is 12.8 Å². The van der Waals surface area contributed by atoms with Crippen molar-refractivity contribution in [1.82, 2.24) is 0 Å². The molecule has 2 aromatic carbocycles. The molecule has 0 saturated heterocycles. The lowest BCUT2D eigenvalue weighted by atomic mass is 10.1. The van der Waals surface area contributed by atoms with Crippen LogP contribution in [0.3, 0.4) is 0 Å². The van der Waals surface area contributed by atoms with E-state index >= 15 is 0 Å². The van der Waals surface area contributed by atoms with E-state index in [2.05, 4.69) is 5.32 Å². The Morgan fingerprint density at radius 1 is 1.21 bits per heavy atom. The molecular weight excluding hydrogens is 306 g/mol. The molecular formula is C19H19NO4. The molecule has 124 valence electrons. The van der Waals surface area contributed by atoms with Gasteiger partial charge in [0.1, 0.15) is 5.75 Å². The first kappa shape index (κ1) is 16.1. The summed E-state index contributed by atoms with van der Waals surface area (Å²) in [6.45, 7) is 1.84. The molecule has 1 fully saturated rings. The van der Waals surface area contributed by atoms with Crippen LogP contribution in [0.25, 0.3) is 0 Å². The molecule has 2 aromatic rings. The minimum Gasteiger partial charge on any atom is -0.497 e. The number of hydrogen-bond donors (Lipinski definition) is 2. The maximum Gasteiger partial charge on any atom is 0.335 e. The van der Waals surface area contributed by atoms with Crippen LogP contribution in [-0.4, -0.2) is 24.1 Å². The SMILES string of the molecule is COc1cccc(C2CC2C(=O)Nc2cc(C(=O)O)ccc2C)c1. The van der Waals surface area contributed by atoms with Crippen molar-refractivity contribution in [3.8, 4) is 5.75 Å². The lowest BCUT2D eigenvalue weighted by Crippen LogP contribution is -2.16. The van der Waals surface area contributed by atoms with E-state index in [1.165, 1.54) is 12.1 Å². The highest BCUT2D eigenvalue weighted by molar-refractivity contribution is 5.97. The number of carboxylic acids is 1. The third kappa shape index (κ3) is 3.25. The zero-order valence-corrected chi connectivity index (χ0v) is 13.6. The standard InChI is InChI=1S/C19H19NO4/c1-11-6-7-13(19(22)23)9-17(11)20-18(21)16-10-15(16)12-4-3-5-14(8-12)24-2/h3-9,15-16H,10H2,1-2H3,(H,20,21)(H,22,23). The minimum absolute atomic E-state index is 0.0755. The van der Waals surface area contributed by atoms with E-state index in [0.717, 1.165) is 23.3 Å². The number of anilines is 1. The van der Waals surface area contributed by atoms with Gasteiger partial charge in [0.15, 0.2) is 0 Å². The number of carbonyl (C=O) groups excluding carboxylic acids is 1. The van der Waals surface area contributed by atoms with Gasteiger partial charge < -0.3 is 15.2 Å². The van der Waals surface area contributed by atoms with Gasteiger partial charge >= 0.3 is 5.97 Å². The zero-order valence-electron chi connectivity index (χ0n) is 13.6. The molecule has 0 aliphatic heterocycles. The first-order valence-corrected chi connectivity index (χ1v) is 7.78. The predicted molar refractivity (Wildman–Crippen MR) is 90.6 cm³/mol. The summed E-state index contributed by atoms with van der Waals surface area (Å²) in [6, 6.07) is 12.5. The average molecular weight is 325 g/mol. The number of carbonyl (C=O) groups is 2. The van der Waals surface area contributed by atoms with Gasteiger partial charge in [-0.25, -0.2) is 4.79 Å². The Bertz CT molecular complexity index is 800. The highest BCUT2D eigenvalue weighted by Crippen LogP contribution is 2.48. The number of ether oxygens (including phenoxy) is 1. The van der Waals surface area contributed by atoms with Gasteiger partial charge in [-0.05, 0) is 54.7 Å². The van der Waals surface area contributed by atoms with Crippen LogP contribution >= 0.6 is 0 Å². The second kappa shape index (κ2) is 6.35. The second-order valence-electron chi connectivity index (χ2n) is 6.05. The van der Waals surface area contributed by atoms with E-state index in [4.69, 9.17) is 9.84 Å². The van der Waals surface area contributed by atoms with Crippen LogP contribution in [0.15, 0.2) is 42.5 Å². The molecule has 2 unspecified atom stereocenters. The van der Waals surface area contributed by atoms with Crippen molar-refractivity contribution in [3.63, 3.8) is 0 Å². The van der Waals surface area contributed by atoms with E-state index in [-0.39, 0.29) is 23.3 Å². The Morgan fingerprint density at radius 3 is 2.71 bits per heavy atom. The molecule has 0 heterocycles. The minimum atomic E-state index is -1.01. The van der Waals surface area contributed by atoms with Crippen molar-refractivity contribution in [3.05, 3.63) is 59.2 Å². The lowest BCUT2D eigenvalue weighted by molar-refractivity contribution is -0.117. The summed E-state index contributed by atoms with van der Waals surface area (Å²) in [5.74, 6) is -0.212. The Hall–Kier alpha value is -2.82. The van der Waals surface area contributed by atoms with Crippen molar-refractivity contribution in [2.24, 2.45) is 5.92 Å². The summed E-state index contributed by atoms with van der Waals surface area (Å²) < 4.78 is 5.22. The molecule has 1 aliphatic carbocycles. The molecule has 5 heteroatoms. The van der Waals surface area contributed by atoms with Crippen molar-refractivity contribution < 1.29 is 19.4 Å². The molecule has 0 radical (unpaired) electrons. The normalized spacial score (nSPS) is 18.8. The molecule has 1 aliphatic rings. The first-order chi connectivity index (χ1) is 11.5. The number of hydrogen-bond acceptors (Lipinski definition) is 3. The van der Waals surface area contributed by atoms with Crippen LogP contribution < -0.4 is 10.1 Å². The maximum absolute atomic E-state index is 12.5. The number of amides is 1. The fraction of sp³-hybridized carbons (Fsp3) is 0.263. The number of nitrogens with one attached hydrogen (secondary N) is 1. The Kier molecular flexibility index (Phi) is 4.25. The van der Waals surface area contributed by atoms with Crippen LogP contribution in [0.4, 0.5) is 5.69 Å². The van der Waals surface area contributed by atoms with E-state index in [0.29, 0.717) is 5.69 Å². The molecule has 0 spiro atoms. The van der Waals surface area contributed by atoms with Gasteiger partial charge in [-0.1, -0.05) is 18.2 Å². The number of aromatic carboxylic acids is 1. The van der Waals surface area contributed by atoms with Crippen molar-refractivity contribution in [2.45, 2.75) is 19.3 Å². The fourth-order valence-electron chi connectivity index (χ4n) is 2.84. The topological polar surface area (TPSA) is 75.6 Å². The summed E-state index contributed by atoms with van der Waals surface area (Å²) in [7, 11) is 1.62. The maximum atomic E-state index is 12.5. The van der Waals surface area contributed by atoms with Crippen LogP contribution in [-0.2, 0) is 4.79 Å². The number of methoxy groups -OCH3 is 1. The van der Waals surface area contributed by atoms with Gasteiger partial charge in [0, 0.05) is 11.6 Å². The van der Waals surface area contributed by atoms with E-state index in [1.54, 1.807) is 13.2 Å². The van der Waals surface area contributed by atoms with Gasteiger partial charge in [-0.15, -0.1) is 0 Å². The number of rotatable bonds is 5. The smallest absolute Gasteiger partial charge is 0.335 e. The number of benzene rings is 2. The van der Waals surface area contributed by atoms with Crippen LogP contribution in [0.5, 0.6) is 5.75 Å². The molecule has 2 atom stereocenters. The first-order valence-electron chi connectivity index (χ1n) is 7.78. The number of aryl methyl sites for hydroxylation is 1. The summed E-state index contributed by atoms with van der Waals surface area (Å²) in [5, 5.41) is 11.9. The van der Waals surface area contributed by atoms with E-state index in [9.17, 15) is 9.59 Å². The molecule has 3 rings (SSSR count). The summed E-state index contributed by atoms with van der Waals surface area (Å²) in [6.07, 6.45) is 0.788. The zero-order chi connectivity index (χ0) is 17.3.